The summed E-state index contributed by atoms with van der Waals surface area (Å²) < 4.78 is 1.24. The Morgan fingerprint density at radius 1 is 1.19 bits per heavy atom. The van der Waals surface area contributed by atoms with Gasteiger partial charge in [-0.2, -0.15) is 5.10 Å². The average molecular weight is 378 g/mol. The molecule has 1 amide bonds. The molecule has 0 bridgehead atoms. The van der Waals surface area contributed by atoms with Gasteiger partial charge in [-0.25, -0.2) is 14.5 Å². The molecule has 0 spiro atoms. The fourth-order valence-electron chi connectivity index (χ4n) is 2.53. The molecule has 0 aliphatic heterocycles. The standard InChI is InChI=1S/C17H22N4O4S/c1-7(2)12(17(24)25)19-14(22)13-10(5)18-15(26-13)11-8(3)9(4)20-21(6)16(11)23/h7,12H,1-6H3,(H,19,22)(H,24,25)/t12-/m0/s1. The van der Waals surface area contributed by atoms with Gasteiger partial charge in [-0.1, -0.05) is 13.8 Å². The fourth-order valence-corrected chi connectivity index (χ4v) is 3.60. The number of thiazole rings is 1. The fraction of sp³-hybridized carbons (Fsp3) is 0.471. The van der Waals surface area contributed by atoms with Crippen LogP contribution in [0.1, 0.15) is 40.5 Å². The molecule has 0 unspecified atom stereocenters. The number of hydrogen-bond acceptors (Lipinski definition) is 6. The lowest BCUT2D eigenvalue weighted by molar-refractivity contribution is -0.140. The van der Waals surface area contributed by atoms with Crippen LogP contribution in [0, 0.1) is 26.7 Å². The Hall–Kier alpha value is -2.55. The van der Waals surface area contributed by atoms with Crippen molar-refractivity contribution < 1.29 is 14.7 Å². The van der Waals surface area contributed by atoms with Crippen LogP contribution in [0.3, 0.4) is 0 Å². The molecular formula is C17H22N4O4S. The lowest BCUT2D eigenvalue weighted by atomic mass is 10.0. The van der Waals surface area contributed by atoms with Crippen molar-refractivity contribution in [3.63, 3.8) is 0 Å². The first kappa shape index (κ1) is 19.8. The van der Waals surface area contributed by atoms with Crippen LogP contribution in [0.25, 0.3) is 10.6 Å². The van der Waals surface area contributed by atoms with Crippen LogP contribution in [0.2, 0.25) is 0 Å². The summed E-state index contributed by atoms with van der Waals surface area (Å²) in [4.78, 5) is 41.0. The van der Waals surface area contributed by atoms with E-state index in [2.05, 4.69) is 15.4 Å². The molecule has 9 heteroatoms. The van der Waals surface area contributed by atoms with Crippen LogP contribution in [-0.4, -0.2) is 37.8 Å². The number of hydrogen-bond donors (Lipinski definition) is 2. The zero-order valence-corrected chi connectivity index (χ0v) is 16.4. The third-order valence-corrected chi connectivity index (χ3v) is 5.34. The summed E-state index contributed by atoms with van der Waals surface area (Å²) >= 11 is 1.07. The zero-order valence-electron chi connectivity index (χ0n) is 15.6. The zero-order chi connectivity index (χ0) is 19.8. The molecule has 2 aromatic heterocycles. The van der Waals surface area contributed by atoms with E-state index >= 15 is 0 Å². The largest absolute Gasteiger partial charge is 0.480 e. The van der Waals surface area contributed by atoms with E-state index < -0.39 is 17.9 Å². The number of carboxylic acids is 1. The first-order valence-electron chi connectivity index (χ1n) is 8.10. The van der Waals surface area contributed by atoms with E-state index in [0.29, 0.717) is 32.4 Å². The Morgan fingerprint density at radius 3 is 2.35 bits per heavy atom. The van der Waals surface area contributed by atoms with Crippen molar-refractivity contribution in [1.29, 1.82) is 0 Å². The highest BCUT2D eigenvalue weighted by Crippen LogP contribution is 2.28. The van der Waals surface area contributed by atoms with E-state index in [0.717, 1.165) is 11.3 Å². The predicted molar refractivity (Wildman–Crippen MR) is 98.5 cm³/mol. The highest BCUT2D eigenvalue weighted by atomic mass is 32.1. The number of rotatable bonds is 5. The van der Waals surface area contributed by atoms with Gasteiger partial charge in [-0.3, -0.25) is 9.59 Å². The van der Waals surface area contributed by atoms with Gasteiger partial charge in [0.05, 0.1) is 17.0 Å². The first-order valence-corrected chi connectivity index (χ1v) is 8.92. The summed E-state index contributed by atoms with van der Waals surface area (Å²) in [7, 11) is 1.56. The van der Waals surface area contributed by atoms with E-state index in [4.69, 9.17) is 0 Å². The second-order valence-corrected chi connectivity index (χ2v) is 7.48. The van der Waals surface area contributed by atoms with E-state index in [-0.39, 0.29) is 11.5 Å². The molecule has 8 nitrogen and oxygen atoms in total. The molecule has 0 aromatic carbocycles. The van der Waals surface area contributed by atoms with Crippen LogP contribution in [0.4, 0.5) is 0 Å². The molecule has 0 saturated heterocycles. The Labute approximate surface area is 154 Å². The van der Waals surface area contributed by atoms with Crippen molar-refractivity contribution in [3.05, 3.63) is 32.2 Å². The lowest BCUT2D eigenvalue weighted by Gasteiger charge is -2.17. The van der Waals surface area contributed by atoms with Gasteiger partial charge in [-0.05, 0) is 32.3 Å². The van der Waals surface area contributed by atoms with Gasteiger partial charge in [0.15, 0.2) is 0 Å². The molecule has 2 aromatic rings. The maximum atomic E-state index is 12.5. The molecule has 2 rings (SSSR count). The van der Waals surface area contributed by atoms with Gasteiger partial charge >= 0.3 is 5.97 Å². The summed E-state index contributed by atoms with van der Waals surface area (Å²) in [6, 6.07) is -0.995. The van der Waals surface area contributed by atoms with Crippen molar-refractivity contribution >= 4 is 23.2 Å². The monoisotopic (exact) mass is 378 g/mol. The van der Waals surface area contributed by atoms with Gasteiger partial charge < -0.3 is 10.4 Å². The summed E-state index contributed by atoms with van der Waals surface area (Å²) in [5.41, 5.74) is 1.97. The van der Waals surface area contributed by atoms with E-state index in [1.54, 1.807) is 41.7 Å². The summed E-state index contributed by atoms with van der Waals surface area (Å²) in [5, 5.41) is 16.3. The normalized spacial score (nSPS) is 12.3. The summed E-state index contributed by atoms with van der Waals surface area (Å²) in [6.07, 6.45) is 0. The minimum absolute atomic E-state index is 0.262. The topological polar surface area (TPSA) is 114 Å². The number of aromatic nitrogens is 3. The Kier molecular flexibility index (Phi) is 5.60. The van der Waals surface area contributed by atoms with Gasteiger partial charge in [-0.15, -0.1) is 11.3 Å². The van der Waals surface area contributed by atoms with Crippen LogP contribution in [-0.2, 0) is 11.8 Å². The Bertz CT molecular complexity index is 930. The summed E-state index contributed by atoms with van der Waals surface area (Å²) in [5.74, 6) is -1.86. The van der Waals surface area contributed by atoms with Crippen LogP contribution in [0.5, 0.6) is 0 Å². The lowest BCUT2D eigenvalue weighted by Crippen LogP contribution is -2.44. The van der Waals surface area contributed by atoms with Crippen molar-refractivity contribution in [2.45, 2.75) is 40.7 Å². The van der Waals surface area contributed by atoms with Crippen molar-refractivity contribution in [3.8, 4) is 10.6 Å². The number of nitrogens with zero attached hydrogens (tertiary/aromatic N) is 3. The number of carboxylic acid groups (broad SMARTS) is 1. The van der Waals surface area contributed by atoms with Gasteiger partial charge in [0.2, 0.25) is 0 Å². The number of nitrogens with one attached hydrogen (secondary N) is 1. The molecule has 26 heavy (non-hydrogen) atoms. The highest BCUT2D eigenvalue weighted by Gasteiger charge is 2.27. The average Bonchev–Trinajstić information content (AvgIpc) is 2.91. The quantitative estimate of drug-likeness (QED) is 0.818. The van der Waals surface area contributed by atoms with Gasteiger partial charge in [0, 0.05) is 7.05 Å². The first-order chi connectivity index (χ1) is 12.0. The van der Waals surface area contributed by atoms with Crippen molar-refractivity contribution in [1.82, 2.24) is 20.1 Å². The Balaban J connectivity index is 2.47. The van der Waals surface area contributed by atoms with Crippen LogP contribution < -0.4 is 10.9 Å². The van der Waals surface area contributed by atoms with Gasteiger partial charge in [0.1, 0.15) is 15.9 Å². The van der Waals surface area contributed by atoms with Crippen LogP contribution in [0.15, 0.2) is 4.79 Å². The summed E-state index contributed by atoms with van der Waals surface area (Å²) in [6.45, 7) is 8.68. The molecule has 0 fully saturated rings. The number of aryl methyl sites for hydroxylation is 3. The minimum Gasteiger partial charge on any atom is -0.480 e. The maximum Gasteiger partial charge on any atom is 0.326 e. The molecule has 0 aliphatic rings. The number of carbonyl (C=O) groups is 2. The molecule has 2 N–H and O–H groups in total. The van der Waals surface area contributed by atoms with Gasteiger partial charge in [0.25, 0.3) is 11.5 Å². The smallest absolute Gasteiger partial charge is 0.326 e. The van der Waals surface area contributed by atoms with E-state index in [9.17, 15) is 19.5 Å². The number of amides is 1. The maximum absolute atomic E-state index is 12.5. The molecular weight excluding hydrogens is 356 g/mol. The second-order valence-electron chi connectivity index (χ2n) is 6.48. The Morgan fingerprint density at radius 2 is 1.81 bits per heavy atom. The van der Waals surface area contributed by atoms with Crippen molar-refractivity contribution in [2.24, 2.45) is 13.0 Å². The third kappa shape index (κ3) is 3.67. The minimum atomic E-state index is -1.09. The van der Waals surface area contributed by atoms with Crippen molar-refractivity contribution in [2.75, 3.05) is 0 Å². The van der Waals surface area contributed by atoms with E-state index in [1.807, 2.05) is 0 Å². The SMILES string of the molecule is Cc1nc(-c2c(C)c(C)nn(C)c2=O)sc1C(=O)N[C@H](C(=O)O)C(C)C. The number of carbonyl (C=O) groups excluding carboxylic acids is 1. The number of aliphatic carboxylic acids is 1. The molecule has 0 saturated carbocycles. The molecule has 140 valence electrons. The molecule has 2 heterocycles. The van der Waals surface area contributed by atoms with Crippen LogP contribution >= 0.6 is 11.3 Å². The predicted octanol–water partition coefficient (Wildman–Crippen LogP) is 1.67. The molecule has 0 radical (unpaired) electrons. The highest BCUT2D eigenvalue weighted by molar-refractivity contribution is 7.17. The molecule has 1 atom stereocenters. The second kappa shape index (κ2) is 7.36. The third-order valence-electron chi connectivity index (χ3n) is 4.16. The van der Waals surface area contributed by atoms with E-state index in [1.165, 1.54) is 4.68 Å². The molecule has 0 aliphatic carbocycles.